The number of carbonyl (C=O) groups is 1. The molecule has 0 fully saturated rings. The zero-order chi connectivity index (χ0) is 18.1. The van der Waals surface area contributed by atoms with Gasteiger partial charge in [-0.3, -0.25) is 4.79 Å². The number of rotatable bonds is 3. The molecular weight excluding hydrogens is 342 g/mol. The van der Waals surface area contributed by atoms with Gasteiger partial charge in [0, 0.05) is 6.20 Å². The number of ether oxygens (including phenoxy) is 1. The first-order valence-corrected chi connectivity index (χ1v) is 6.20. The van der Waals surface area contributed by atoms with E-state index in [1.165, 1.54) is 0 Å². The van der Waals surface area contributed by atoms with Gasteiger partial charge in [-0.1, -0.05) is 0 Å². The first-order valence-electron chi connectivity index (χ1n) is 6.20. The number of nitrogens with two attached hydrogens (primary N) is 1. The molecular formula is C14H8F6N2O2. The lowest BCUT2D eigenvalue weighted by molar-refractivity contribution is -0.138. The van der Waals surface area contributed by atoms with Crippen molar-refractivity contribution in [1.29, 1.82) is 0 Å². The van der Waals surface area contributed by atoms with Crippen LogP contribution in [0.4, 0.5) is 26.3 Å². The van der Waals surface area contributed by atoms with Gasteiger partial charge in [-0.15, -0.1) is 0 Å². The summed E-state index contributed by atoms with van der Waals surface area (Å²) in [6, 6.07) is 3.65. The number of carbonyl (C=O) groups excluding carboxylic acids is 1. The summed E-state index contributed by atoms with van der Waals surface area (Å²) in [7, 11) is 0. The maximum atomic E-state index is 12.7. The van der Waals surface area contributed by atoms with Crippen LogP contribution < -0.4 is 10.5 Å². The predicted molar refractivity (Wildman–Crippen MR) is 69.3 cm³/mol. The number of primary amides is 1. The second kappa shape index (κ2) is 6.02. The van der Waals surface area contributed by atoms with E-state index in [1.54, 1.807) is 0 Å². The summed E-state index contributed by atoms with van der Waals surface area (Å²) in [5, 5.41) is 0. The Balaban J connectivity index is 2.38. The van der Waals surface area contributed by atoms with Gasteiger partial charge >= 0.3 is 12.4 Å². The third kappa shape index (κ3) is 3.94. The molecule has 1 aromatic heterocycles. The Kier molecular flexibility index (Phi) is 4.41. The van der Waals surface area contributed by atoms with E-state index in [4.69, 9.17) is 10.5 Å². The average Bonchev–Trinajstić information content (AvgIpc) is 2.45. The molecule has 1 heterocycles. The van der Waals surface area contributed by atoms with Crippen LogP contribution in [0.1, 0.15) is 21.6 Å². The van der Waals surface area contributed by atoms with Crippen molar-refractivity contribution in [3.63, 3.8) is 0 Å². The molecule has 0 aliphatic heterocycles. The highest BCUT2D eigenvalue weighted by molar-refractivity contribution is 5.93. The Morgan fingerprint density at radius 1 is 0.958 bits per heavy atom. The summed E-state index contributed by atoms with van der Waals surface area (Å²) in [6.45, 7) is 0. The van der Waals surface area contributed by atoms with Crippen molar-refractivity contribution in [3.8, 4) is 11.5 Å². The first kappa shape index (κ1) is 17.6. The topological polar surface area (TPSA) is 65.2 Å². The van der Waals surface area contributed by atoms with Gasteiger partial charge in [-0.2, -0.15) is 26.3 Å². The van der Waals surface area contributed by atoms with Crippen molar-refractivity contribution in [2.45, 2.75) is 12.4 Å². The van der Waals surface area contributed by atoms with Crippen molar-refractivity contribution in [2.75, 3.05) is 0 Å². The highest BCUT2D eigenvalue weighted by atomic mass is 19.4. The lowest BCUT2D eigenvalue weighted by Gasteiger charge is -2.13. The van der Waals surface area contributed by atoms with E-state index in [-0.39, 0.29) is 5.75 Å². The van der Waals surface area contributed by atoms with E-state index >= 15 is 0 Å². The molecule has 2 N–H and O–H groups in total. The summed E-state index contributed by atoms with van der Waals surface area (Å²) in [5.74, 6) is -1.98. The SMILES string of the molecule is NC(=O)c1ncc(C(F)(F)F)cc1Oc1ccc(C(F)(F)F)cc1. The van der Waals surface area contributed by atoms with Gasteiger partial charge in [0.1, 0.15) is 5.75 Å². The number of halogens is 6. The smallest absolute Gasteiger partial charge is 0.418 e. The van der Waals surface area contributed by atoms with Crippen molar-refractivity contribution in [1.82, 2.24) is 4.98 Å². The number of alkyl halides is 6. The standard InChI is InChI=1S/C14H8F6N2O2/c15-13(16,17)7-1-3-9(4-2-7)24-10-5-8(14(18,19)20)6-22-11(10)12(21)23/h1-6H,(H2,21,23). The molecule has 2 aromatic rings. The molecule has 0 unspecified atom stereocenters. The molecule has 0 aliphatic rings. The molecule has 0 saturated carbocycles. The molecule has 24 heavy (non-hydrogen) atoms. The largest absolute Gasteiger partial charge is 0.455 e. The molecule has 1 amide bonds. The molecule has 128 valence electrons. The molecule has 10 heteroatoms. The first-order chi connectivity index (χ1) is 11.0. The fraction of sp³-hybridized carbons (Fsp3) is 0.143. The molecule has 4 nitrogen and oxygen atoms in total. The Morgan fingerprint density at radius 2 is 1.50 bits per heavy atom. The van der Waals surface area contributed by atoms with E-state index in [2.05, 4.69) is 4.98 Å². The molecule has 2 rings (SSSR count). The lowest BCUT2D eigenvalue weighted by Crippen LogP contribution is -2.16. The second-order valence-electron chi connectivity index (χ2n) is 4.56. The van der Waals surface area contributed by atoms with Crippen LogP contribution in [0.5, 0.6) is 11.5 Å². The minimum Gasteiger partial charge on any atom is -0.455 e. The van der Waals surface area contributed by atoms with Crippen LogP contribution in [0.3, 0.4) is 0 Å². The van der Waals surface area contributed by atoms with Gasteiger partial charge < -0.3 is 10.5 Å². The lowest BCUT2D eigenvalue weighted by atomic mass is 10.2. The molecule has 1 aromatic carbocycles. The van der Waals surface area contributed by atoms with E-state index in [0.717, 1.165) is 12.1 Å². The Morgan fingerprint density at radius 3 is 1.96 bits per heavy atom. The zero-order valence-electron chi connectivity index (χ0n) is 11.6. The Labute approximate surface area is 130 Å². The highest BCUT2D eigenvalue weighted by Crippen LogP contribution is 2.35. The molecule has 0 atom stereocenters. The van der Waals surface area contributed by atoms with Crippen LogP contribution in [0, 0.1) is 0 Å². The minimum atomic E-state index is -4.75. The van der Waals surface area contributed by atoms with Crippen LogP contribution in [-0.4, -0.2) is 10.9 Å². The maximum absolute atomic E-state index is 12.7. The molecule has 0 aliphatic carbocycles. The third-order valence-electron chi connectivity index (χ3n) is 2.82. The number of pyridine rings is 1. The van der Waals surface area contributed by atoms with Gasteiger partial charge in [0.15, 0.2) is 11.4 Å². The van der Waals surface area contributed by atoms with Gasteiger partial charge in [-0.25, -0.2) is 4.98 Å². The second-order valence-corrected chi connectivity index (χ2v) is 4.56. The van der Waals surface area contributed by atoms with Gasteiger partial charge in [0.05, 0.1) is 11.1 Å². The minimum absolute atomic E-state index is 0.216. The maximum Gasteiger partial charge on any atom is 0.418 e. The van der Waals surface area contributed by atoms with Crippen LogP contribution in [0.2, 0.25) is 0 Å². The van der Waals surface area contributed by atoms with Crippen LogP contribution >= 0.6 is 0 Å². The predicted octanol–water partition coefficient (Wildman–Crippen LogP) is 4.01. The van der Waals surface area contributed by atoms with Crippen molar-refractivity contribution in [3.05, 3.63) is 53.3 Å². The van der Waals surface area contributed by atoms with Crippen molar-refractivity contribution >= 4 is 5.91 Å². The van der Waals surface area contributed by atoms with Crippen molar-refractivity contribution < 1.29 is 35.9 Å². The third-order valence-corrected chi connectivity index (χ3v) is 2.82. The van der Waals surface area contributed by atoms with Gasteiger partial charge in [0.2, 0.25) is 0 Å². The monoisotopic (exact) mass is 350 g/mol. The summed E-state index contributed by atoms with van der Waals surface area (Å²) in [6.07, 6.45) is -8.92. The normalized spacial score (nSPS) is 12.1. The van der Waals surface area contributed by atoms with Crippen molar-refractivity contribution in [2.24, 2.45) is 5.73 Å². The summed E-state index contributed by atoms with van der Waals surface area (Å²) >= 11 is 0. The summed E-state index contributed by atoms with van der Waals surface area (Å²) in [4.78, 5) is 14.5. The highest BCUT2D eigenvalue weighted by Gasteiger charge is 2.33. The number of aromatic nitrogens is 1. The van der Waals surface area contributed by atoms with Gasteiger partial charge in [0.25, 0.3) is 5.91 Å². The number of hydrogen-bond acceptors (Lipinski definition) is 3. The van der Waals surface area contributed by atoms with E-state index in [0.29, 0.717) is 24.4 Å². The van der Waals surface area contributed by atoms with Gasteiger partial charge in [-0.05, 0) is 30.3 Å². The molecule has 0 bridgehead atoms. The van der Waals surface area contributed by atoms with E-state index in [9.17, 15) is 31.1 Å². The number of hydrogen-bond donors (Lipinski definition) is 1. The molecule has 0 spiro atoms. The van der Waals surface area contributed by atoms with E-state index < -0.39 is 40.8 Å². The van der Waals surface area contributed by atoms with Crippen LogP contribution in [0.25, 0.3) is 0 Å². The van der Waals surface area contributed by atoms with Crippen LogP contribution in [-0.2, 0) is 12.4 Å². The summed E-state index contributed by atoms with van der Waals surface area (Å²) in [5.41, 5.74) is 2.25. The fourth-order valence-corrected chi connectivity index (χ4v) is 1.70. The quantitative estimate of drug-likeness (QED) is 0.851. The number of amides is 1. The molecule has 0 saturated heterocycles. The van der Waals surface area contributed by atoms with E-state index in [1.807, 2.05) is 0 Å². The fourth-order valence-electron chi connectivity index (χ4n) is 1.70. The number of benzene rings is 1. The van der Waals surface area contributed by atoms with Crippen LogP contribution in [0.15, 0.2) is 36.5 Å². The zero-order valence-corrected chi connectivity index (χ0v) is 11.6. The number of nitrogens with zero attached hydrogens (tertiary/aromatic N) is 1. The Hall–Kier alpha value is -2.78. The molecule has 0 radical (unpaired) electrons. The Bertz CT molecular complexity index is 753. The average molecular weight is 350 g/mol. The summed E-state index contributed by atoms with van der Waals surface area (Å²) < 4.78 is 80.5.